The van der Waals surface area contributed by atoms with Gasteiger partial charge in [-0.1, -0.05) is 44.7 Å². The number of cyclic esters (lactones) is 3. The minimum atomic E-state index is -0.666. The van der Waals surface area contributed by atoms with Gasteiger partial charge in [-0.2, -0.15) is 0 Å². The molecule has 7 nitrogen and oxygen atoms in total. The van der Waals surface area contributed by atoms with E-state index < -0.39 is 17.9 Å². The van der Waals surface area contributed by atoms with Crippen LogP contribution in [0.2, 0.25) is 0 Å². The molecule has 0 aromatic heterocycles. The van der Waals surface area contributed by atoms with Gasteiger partial charge in [-0.3, -0.25) is 0 Å². The van der Waals surface area contributed by atoms with E-state index in [4.69, 9.17) is 18.9 Å². The average Bonchev–Trinajstić information content (AvgIpc) is 3.40. The molecule has 7 heteroatoms. The quantitative estimate of drug-likeness (QED) is 0.169. The fourth-order valence-electron chi connectivity index (χ4n) is 5.70. The van der Waals surface area contributed by atoms with Crippen molar-refractivity contribution in [2.45, 2.75) is 47.0 Å². The maximum atomic E-state index is 12.2. The lowest BCUT2D eigenvalue weighted by molar-refractivity contribution is 0.0443. The van der Waals surface area contributed by atoms with Gasteiger partial charge in [0.05, 0.1) is 16.7 Å². The highest BCUT2D eigenvalue weighted by molar-refractivity contribution is 6.14. The molecule has 216 valence electrons. The Hall–Kier alpha value is -5.17. The van der Waals surface area contributed by atoms with E-state index in [0.29, 0.717) is 34.1 Å². The molecule has 0 N–H and O–H groups in total. The molecule has 0 unspecified atom stereocenters. The number of fused-ring (bicyclic) bond motifs is 2. The molecule has 0 atom stereocenters. The Morgan fingerprint density at radius 3 is 1.44 bits per heavy atom. The zero-order valence-electron chi connectivity index (χ0n) is 24.8. The SMILES string of the molecule is C=C1OC(=O)c2cc(Oc3c(C)cc(C(C)(C)c4cc(C)c(Oc5ccc6c(c5)C(=O)OC6=O)c(C)c4)cc3C)ccc21. The van der Waals surface area contributed by atoms with E-state index in [2.05, 4.69) is 44.7 Å². The lowest BCUT2D eigenvalue weighted by Crippen LogP contribution is -2.20. The Bertz CT molecular complexity index is 1730. The van der Waals surface area contributed by atoms with Crippen molar-refractivity contribution in [2.75, 3.05) is 0 Å². The van der Waals surface area contributed by atoms with E-state index in [9.17, 15) is 14.4 Å². The average molecular weight is 575 g/mol. The third-order valence-electron chi connectivity index (χ3n) is 8.15. The van der Waals surface area contributed by atoms with E-state index in [1.54, 1.807) is 30.3 Å². The lowest BCUT2D eigenvalue weighted by Gasteiger charge is -2.29. The van der Waals surface area contributed by atoms with Crippen molar-refractivity contribution >= 4 is 23.7 Å². The van der Waals surface area contributed by atoms with Gasteiger partial charge in [0.1, 0.15) is 28.8 Å². The van der Waals surface area contributed by atoms with Crippen LogP contribution < -0.4 is 9.47 Å². The Morgan fingerprint density at radius 2 is 0.953 bits per heavy atom. The van der Waals surface area contributed by atoms with Crippen LogP contribution in [0.4, 0.5) is 0 Å². The van der Waals surface area contributed by atoms with Crippen molar-refractivity contribution in [3.63, 3.8) is 0 Å². The standard InChI is InChI=1S/C36H30O7/c1-18-12-23(13-19(2)31(18)41-25-8-10-27-22(5)40-34(38)29(27)16-25)36(6,7)24-14-20(3)32(21(4)15-24)42-26-9-11-28-30(17-26)35(39)43-33(28)37/h8-17H,5H2,1-4,6-7H3. The number of ether oxygens (including phenoxy) is 4. The number of carbonyl (C=O) groups is 3. The fourth-order valence-corrected chi connectivity index (χ4v) is 5.70. The van der Waals surface area contributed by atoms with Gasteiger partial charge < -0.3 is 18.9 Å². The molecule has 2 aliphatic heterocycles. The van der Waals surface area contributed by atoms with Crippen molar-refractivity contribution in [1.29, 1.82) is 0 Å². The first-order chi connectivity index (χ1) is 20.3. The van der Waals surface area contributed by atoms with Gasteiger partial charge in [-0.15, -0.1) is 0 Å². The number of carbonyl (C=O) groups excluding carboxylic acids is 3. The van der Waals surface area contributed by atoms with Crippen LogP contribution in [0.1, 0.15) is 83.9 Å². The highest BCUT2D eigenvalue weighted by Gasteiger charge is 2.31. The molecule has 0 spiro atoms. The van der Waals surface area contributed by atoms with E-state index in [-0.39, 0.29) is 16.5 Å². The largest absolute Gasteiger partial charge is 0.457 e. The van der Waals surface area contributed by atoms with E-state index >= 15 is 0 Å². The van der Waals surface area contributed by atoms with Crippen LogP contribution in [0.15, 0.2) is 67.2 Å². The van der Waals surface area contributed by atoms with Gasteiger partial charge in [0.15, 0.2) is 0 Å². The maximum absolute atomic E-state index is 12.2. The highest BCUT2D eigenvalue weighted by Crippen LogP contribution is 2.41. The number of rotatable bonds is 6. The van der Waals surface area contributed by atoms with E-state index in [1.165, 1.54) is 0 Å². The van der Waals surface area contributed by atoms with Crippen LogP contribution in [-0.2, 0) is 14.9 Å². The topological polar surface area (TPSA) is 88.1 Å². The third-order valence-corrected chi connectivity index (χ3v) is 8.15. The second-order valence-corrected chi connectivity index (χ2v) is 11.6. The molecule has 0 radical (unpaired) electrons. The first-order valence-corrected chi connectivity index (χ1v) is 13.9. The van der Waals surface area contributed by atoms with Gasteiger partial charge in [0.25, 0.3) is 0 Å². The Balaban J connectivity index is 1.27. The zero-order chi connectivity index (χ0) is 30.8. The van der Waals surface area contributed by atoms with Gasteiger partial charge in [0, 0.05) is 11.0 Å². The third kappa shape index (κ3) is 4.77. The molecule has 0 bridgehead atoms. The monoisotopic (exact) mass is 574 g/mol. The van der Waals surface area contributed by atoms with Crippen LogP contribution in [-0.4, -0.2) is 17.9 Å². The summed E-state index contributed by atoms with van der Waals surface area (Å²) < 4.78 is 22.3. The zero-order valence-corrected chi connectivity index (χ0v) is 24.8. The van der Waals surface area contributed by atoms with Crippen LogP contribution >= 0.6 is 0 Å². The molecule has 0 saturated carbocycles. The molecule has 0 aliphatic carbocycles. The van der Waals surface area contributed by atoms with Crippen molar-refractivity contribution in [1.82, 2.24) is 0 Å². The van der Waals surface area contributed by atoms with Gasteiger partial charge in [-0.25, -0.2) is 14.4 Å². The molecule has 4 aromatic carbocycles. The summed E-state index contributed by atoms with van der Waals surface area (Å²) in [5.41, 5.74) is 7.28. The number of aryl methyl sites for hydroxylation is 4. The van der Waals surface area contributed by atoms with E-state index in [0.717, 1.165) is 39.1 Å². The smallest absolute Gasteiger partial charge is 0.347 e. The molecule has 43 heavy (non-hydrogen) atoms. The van der Waals surface area contributed by atoms with Crippen LogP contribution in [0.3, 0.4) is 0 Å². The lowest BCUT2D eigenvalue weighted by atomic mass is 9.76. The molecule has 4 aromatic rings. The summed E-state index contributed by atoms with van der Waals surface area (Å²) in [6, 6.07) is 18.5. The molecule has 0 saturated heterocycles. The summed E-state index contributed by atoms with van der Waals surface area (Å²) >= 11 is 0. The Morgan fingerprint density at radius 1 is 0.558 bits per heavy atom. The van der Waals surface area contributed by atoms with Crippen molar-refractivity contribution < 1.29 is 33.3 Å². The van der Waals surface area contributed by atoms with Crippen molar-refractivity contribution in [3.8, 4) is 23.0 Å². The summed E-state index contributed by atoms with van der Waals surface area (Å²) in [4.78, 5) is 35.9. The second kappa shape index (κ2) is 9.98. The summed E-state index contributed by atoms with van der Waals surface area (Å²) in [5, 5.41) is 0. The number of hydrogen-bond acceptors (Lipinski definition) is 7. The number of benzene rings is 4. The van der Waals surface area contributed by atoms with Crippen LogP contribution in [0, 0.1) is 27.7 Å². The predicted octanol–water partition coefficient (Wildman–Crippen LogP) is 8.28. The van der Waals surface area contributed by atoms with Gasteiger partial charge in [-0.05, 0) is 97.5 Å². The first kappa shape index (κ1) is 28.0. The molecule has 6 rings (SSSR count). The summed E-state index contributed by atoms with van der Waals surface area (Å²) in [6.07, 6.45) is 0. The van der Waals surface area contributed by atoms with E-state index in [1.807, 2.05) is 33.8 Å². The normalized spacial score (nSPS) is 13.9. The summed E-state index contributed by atoms with van der Waals surface area (Å²) in [6.45, 7) is 16.1. The molecular formula is C36H30O7. The van der Waals surface area contributed by atoms with Crippen LogP contribution in [0.25, 0.3) is 5.76 Å². The molecule has 0 amide bonds. The highest BCUT2D eigenvalue weighted by atomic mass is 16.6. The molecule has 2 aliphatic rings. The minimum absolute atomic E-state index is 0.207. The predicted molar refractivity (Wildman–Crippen MR) is 161 cm³/mol. The Kier molecular flexibility index (Phi) is 6.49. The van der Waals surface area contributed by atoms with Crippen molar-refractivity contribution in [3.05, 3.63) is 123 Å². The number of esters is 3. The second-order valence-electron chi connectivity index (χ2n) is 11.6. The van der Waals surface area contributed by atoms with Crippen LogP contribution in [0.5, 0.6) is 23.0 Å². The summed E-state index contributed by atoms with van der Waals surface area (Å²) in [7, 11) is 0. The number of hydrogen-bond donors (Lipinski definition) is 0. The Labute approximate surface area is 249 Å². The molecule has 0 fully saturated rings. The summed E-state index contributed by atoms with van der Waals surface area (Å²) in [5.74, 6) is 1.05. The maximum Gasteiger partial charge on any atom is 0.347 e. The molecular weight excluding hydrogens is 544 g/mol. The van der Waals surface area contributed by atoms with Gasteiger partial charge in [0.2, 0.25) is 0 Å². The molecule has 2 heterocycles. The van der Waals surface area contributed by atoms with Gasteiger partial charge >= 0.3 is 17.9 Å². The first-order valence-electron chi connectivity index (χ1n) is 13.9. The fraction of sp³-hybridized carbons (Fsp3) is 0.194. The van der Waals surface area contributed by atoms with Crippen molar-refractivity contribution in [2.24, 2.45) is 0 Å². The minimum Gasteiger partial charge on any atom is -0.457 e.